The molecule has 0 saturated carbocycles. The van der Waals surface area contributed by atoms with Crippen molar-refractivity contribution in [3.05, 3.63) is 23.2 Å². The van der Waals surface area contributed by atoms with Gasteiger partial charge < -0.3 is 15.4 Å². The Bertz CT molecular complexity index is 705. The van der Waals surface area contributed by atoms with Gasteiger partial charge in [-0.3, -0.25) is 0 Å². The molecule has 2 N–H and O–H groups in total. The number of rotatable bonds is 6. The summed E-state index contributed by atoms with van der Waals surface area (Å²) < 4.78 is 32.1. The maximum Gasteiger partial charge on any atom is 0.243 e. The van der Waals surface area contributed by atoms with Gasteiger partial charge in [-0.1, -0.05) is 25.4 Å². The largest absolute Gasteiger partial charge is 0.379 e. The minimum absolute atomic E-state index is 0.186. The highest BCUT2D eigenvalue weighted by molar-refractivity contribution is 7.89. The van der Waals surface area contributed by atoms with Crippen molar-refractivity contribution in [1.29, 1.82) is 0 Å². The molecule has 1 aromatic carbocycles. The number of hydrogen-bond acceptors (Lipinski definition) is 4. The minimum atomic E-state index is -3.57. The van der Waals surface area contributed by atoms with Crippen LogP contribution in [0.3, 0.4) is 0 Å². The summed E-state index contributed by atoms with van der Waals surface area (Å²) in [5.74, 6) is 0.570. The van der Waals surface area contributed by atoms with Gasteiger partial charge in [0.15, 0.2) is 5.11 Å². The molecule has 0 aliphatic carbocycles. The van der Waals surface area contributed by atoms with Crippen LogP contribution in [0.5, 0.6) is 0 Å². The number of hydrogen-bond donors (Lipinski definition) is 2. The third-order valence-electron chi connectivity index (χ3n) is 3.80. The molecule has 1 aliphatic heterocycles. The quantitative estimate of drug-likeness (QED) is 0.709. The number of thiocarbonyl (C=S) groups is 1. The number of ether oxygens (including phenoxy) is 1. The second kappa shape index (κ2) is 9.14. The molecule has 0 amide bonds. The van der Waals surface area contributed by atoms with Gasteiger partial charge in [-0.15, -0.1) is 0 Å². The Labute approximate surface area is 159 Å². The second-order valence-corrected chi connectivity index (χ2v) is 8.97. The van der Waals surface area contributed by atoms with Crippen LogP contribution < -0.4 is 10.6 Å². The zero-order valence-corrected chi connectivity index (χ0v) is 16.8. The van der Waals surface area contributed by atoms with E-state index in [1.807, 2.05) is 0 Å². The van der Waals surface area contributed by atoms with E-state index in [9.17, 15) is 8.42 Å². The van der Waals surface area contributed by atoms with Crippen LogP contribution in [0.2, 0.25) is 5.02 Å². The summed E-state index contributed by atoms with van der Waals surface area (Å²) >= 11 is 11.4. The maximum absolute atomic E-state index is 12.7. The molecule has 1 saturated heterocycles. The van der Waals surface area contributed by atoms with Crippen molar-refractivity contribution in [2.24, 2.45) is 5.92 Å². The first-order chi connectivity index (χ1) is 11.8. The van der Waals surface area contributed by atoms with Crippen molar-refractivity contribution in [1.82, 2.24) is 9.62 Å². The Morgan fingerprint density at radius 3 is 2.68 bits per heavy atom. The van der Waals surface area contributed by atoms with Gasteiger partial charge in [-0.2, -0.15) is 4.31 Å². The van der Waals surface area contributed by atoms with Crippen LogP contribution in [-0.4, -0.2) is 50.7 Å². The van der Waals surface area contributed by atoms with Gasteiger partial charge in [0.1, 0.15) is 0 Å². The number of nitrogens with zero attached hydrogens (tertiary/aromatic N) is 1. The molecule has 140 valence electrons. The highest BCUT2D eigenvalue weighted by Gasteiger charge is 2.26. The van der Waals surface area contributed by atoms with Crippen molar-refractivity contribution in [3.8, 4) is 0 Å². The third-order valence-corrected chi connectivity index (χ3v) is 6.27. The van der Waals surface area contributed by atoms with Crippen LogP contribution in [0, 0.1) is 5.92 Å². The first-order valence-corrected chi connectivity index (χ1v) is 10.5. The topological polar surface area (TPSA) is 70.7 Å². The van der Waals surface area contributed by atoms with Crippen molar-refractivity contribution < 1.29 is 13.2 Å². The lowest BCUT2D eigenvalue weighted by Crippen LogP contribution is -2.40. The van der Waals surface area contributed by atoms with Gasteiger partial charge in [0.05, 0.1) is 28.8 Å². The average Bonchev–Trinajstić information content (AvgIpc) is 2.57. The summed E-state index contributed by atoms with van der Waals surface area (Å²) in [7, 11) is -3.57. The summed E-state index contributed by atoms with van der Waals surface area (Å²) in [5.41, 5.74) is 0.470. The highest BCUT2D eigenvalue weighted by Crippen LogP contribution is 2.27. The van der Waals surface area contributed by atoms with Crippen LogP contribution in [0.1, 0.15) is 20.3 Å². The molecule has 1 fully saturated rings. The molecule has 1 aliphatic rings. The summed E-state index contributed by atoms with van der Waals surface area (Å²) in [6.07, 6.45) is 0.987. The molecule has 9 heteroatoms. The Morgan fingerprint density at radius 1 is 1.36 bits per heavy atom. The molecule has 2 rings (SSSR count). The maximum atomic E-state index is 12.7. The first kappa shape index (κ1) is 20.4. The van der Waals surface area contributed by atoms with Gasteiger partial charge in [0.2, 0.25) is 10.0 Å². The zero-order chi connectivity index (χ0) is 18.4. The number of anilines is 1. The monoisotopic (exact) mass is 405 g/mol. The number of halogens is 1. The molecule has 0 radical (unpaired) electrons. The molecule has 0 aromatic heterocycles. The summed E-state index contributed by atoms with van der Waals surface area (Å²) in [5, 5.41) is 6.91. The molecule has 1 aromatic rings. The fourth-order valence-corrected chi connectivity index (χ4v) is 4.15. The standard InChI is InChI=1S/C16H24ClN3O3S2/c1-12(2)5-6-18-16(24)19-15-11-13(3-4-14(15)17)25(21,22)20-7-9-23-10-8-20/h3-4,11-12H,5-10H2,1-2H3,(H2,18,19,24). The van der Waals surface area contributed by atoms with Crippen LogP contribution >= 0.6 is 23.8 Å². The molecule has 0 spiro atoms. The van der Waals surface area contributed by atoms with Gasteiger partial charge in [0, 0.05) is 19.6 Å². The lowest BCUT2D eigenvalue weighted by molar-refractivity contribution is 0.0730. The third kappa shape index (κ3) is 5.79. The van der Waals surface area contributed by atoms with E-state index >= 15 is 0 Å². The molecular formula is C16H24ClN3O3S2. The molecule has 0 unspecified atom stereocenters. The van der Waals surface area contributed by atoms with Gasteiger partial charge in [-0.25, -0.2) is 8.42 Å². The Morgan fingerprint density at radius 2 is 2.04 bits per heavy atom. The van der Waals surface area contributed by atoms with E-state index < -0.39 is 10.0 Å². The molecule has 25 heavy (non-hydrogen) atoms. The summed E-state index contributed by atoms with van der Waals surface area (Å²) in [6, 6.07) is 4.59. The average molecular weight is 406 g/mol. The van der Waals surface area contributed by atoms with Crippen LogP contribution in [0.4, 0.5) is 5.69 Å². The van der Waals surface area contributed by atoms with E-state index in [-0.39, 0.29) is 4.90 Å². The Hall–Kier alpha value is -0.930. The van der Waals surface area contributed by atoms with Crippen molar-refractivity contribution in [2.45, 2.75) is 25.2 Å². The van der Waals surface area contributed by atoms with Gasteiger partial charge in [0.25, 0.3) is 0 Å². The van der Waals surface area contributed by atoms with E-state index in [0.717, 1.165) is 13.0 Å². The SMILES string of the molecule is CC(C)CCNC(=S)Nc1cc(S(=O)(=O)N2CCOCC2)ccc1Cl. The lowest BCUT2D eigenvalue weighted by atomic mass is 10.1. The minimum Gasteiger partial charge on any atom is -0.379 e. The highest BCUT2D eigenvalue weighted by atomic mass is 35.5. The fourth-order valence-electron chi connectivity index (χ4n) is 2.34. The number of sulfonamides is 1. The van der Waals surface area contributed by atoms with Crippen molar-refractivity contribution in [3.63, 3.8) is 0 Å². The molecule has 0 atom stereocenters. The number of morpholine rings is 1. The Balaban J connectivity index is 2.10. The van der Waals surface area contributed by atoms with Crippen molar-refractivity contribution in [2.75, 3.05) is 38.2 Å². The molecular weight excluding hydrogens is 382 g/mol. The predicted octanol–water partition coefficient (Wildman–Crippen LogP) is 2.69. The smallest absolute Gasteiger partial charge is 0.243 e. The van der Waals surface area contributed by atoms with E-state index in [1.165, 1.54) is 16.4 Å². The van der Waals surface area contributed by atoms with Gasteiger partial charge >= 0.3 is 0 Å². The van der Waals surface area contributed by atoms with E-state index in [1.54, 1.807) is 6.07 Å². The predicted molar refractivity (Wildman–Crippen MR) is 105 cm³/mol. The molecule has 1 heterocycles. The first-order valence-electron chi connectivity index (χ1n) is 8.23. The Kier molecular flexibility index (Phi) is 7.45. The van der Waals surface area contributed by atoms with Gasteiger partial charge in [-0.05, 0) is 42.8 Å². The normalized spacial score (nSPS) is 16.0. The molecule has 6 nitrogen and oxygen atoms in total. The number of nitrogens with one attached hydrogen (secondary N) is 2. The summed E-state index contributed by atoms with van der Waals surface area (Å²) in [4.78, 5) is 0.186. The van der Waals surface area contributed by atoms with E-state index in [2.05, 4.69) is 24.5 Å². The second-order valence-electron chi connectivity index (χ2n) is 6.22. The molecule has 0 bridgehead atoms. The van der Waals surface area contributed by atoms with Crippen LogP contribution in [-0.2, 0) is 14.8 Å². The summed E-state index contributed by atoms with van der Waals surface area (Å²) in [6.45, 7) is 6.52. The van der Waals surface area contributed by atoms with Crippen molar-refractivity contribution >= 4 is 44.6 Å². The number of benzene rings is 1. The lowest BCUT2D eigenvalue weighted by Gasteiger charge is -2.26. The van der Waals surface area contributed by atoms with E-state index in [4.69, 9.17) is 28.6 Å². The van der Waals surface area contributed by atoms with Crippen LogP contribution in [0.15, 0.2) is 23.1 Å². The van der Waals surface area contributed by atoms with E-state index in [0.29, 0.717) is 48.0 Å². The van der Waals surface area contributed by atoms with Crippen LogP contribution in [0.25, 0.3) is 0 Å². The zero-order valence-electron chi connectivity index (χ0n) is 14.4. The fraction of sp³-hybridized carbons (Fsp3) is 0.562.